The van der Waals surface area contributed by atoms with E-state index in [-0.39, 0.29) is 10.7 Å². The summed E-state index contributed by atoms with van der Waals surface area (Å²) < 4.78 is 0. The maximum Gasteiger partial charge on any atom is 0.288 e. The molecule has 0 aliphatic rings. The fourth-order valence-corrected chi connectivity index (χ4v) is 2.50. The SMILES string of the molecule is O=[N+]([O-])c1cc(/C=N/Nc2ccnc3cc(Cl)ccc23)ccc1Cl. The smallest absolute Gasteiger partial charge is 0.278 e. The predicted molar refractivity (Wildman–Crippen MR) is 96.1 cm³/mol. The molecule has 0 radical (unpaired) electrons. The van der Waals surface area contributed by atoms with Gasteiger partial charge in [0.2, 0.25) is 0 Å². The molecule has 0 bridgehead atoms. The first kappa shape index (κ1) is 16.2. The van der Waals surface area contributed by atoms with Crippen molar-refractivity contribution in [2.24, 2.45) is 5.10 Å². The summed E-state index contributed by atoms with van der Waals surface area (Å²) in [6.45, 7) is 0. The number of anilines is 1. The van der Waals surface area contributed by atoms with Crippen molar-refractivity contribution in [1.29, 1.82) is 0 Å². The molecule has 24 heavy (non-hydrogen) atoms. The van der Waals surface area contributed by atoms with Crippen LogP contribution in [0.4, 0.5) is 11.4 Å². The van der Waals surface area contributed by atoms with Gasteiger partial charge < -0.3 is 0 Å². The van der Waals surface area contributed by atoms with E-state index < -0.39 is 4.92 Å². The number of rotatable bonds is 4. The number of aromatic nitrogens is 1. The molecule has 1 heterocycles. The third-order valence-electron chi connectivity index (χ3n) is 3.27. The lowest BCUT2D eigenvalue weighted by molar-refractivity contribution is -0.384. The van der Waals surface area contributed by atoms with Crippen LogP contribution in [0.3, 0.4) is 0 Å². The van der Waals surface area contributed by atoms with Gasteiger partial charge in [-0.15, -0.1) is 0 Å². The summed E-state index contributed by atoms with van der Waals surface area (Å²) in [5, 5.41) is 16.5. The van der Waals surface area contributed by atoms with Crippen molar-refractivity contribution in [3.8, 4) is 0 Å². The first-order valence-electron chi connectivity index (χ1n) is 6.82. The van der Waals surface area contributed by atoms with E-state index in [0.717, 1.165) is 16.6 Å². The Hall–Kier alpha value is -2.70. The molecule has 0 saturated carbocycles. The molecule has 0 aliphatic heterocycles. The number of nitrogens with one attached hydrogen (secondary N) is 1. The Morgan fingerprint density at radius 1 is 1.17 bits per heavy atom. The van der Waals surface area contributed by atoms with Crippen LogP contribution in [0, 0.1) is 10.1 Å². The molecule has 0 spiro atoms. The Bertz CT molecular complexity index is 960. The molecular formula is C16H10Cl2N4O2. The van der Waals surface area contributed by atoms with Crippen molar-refractivity contribution in [3.63, 3.8) is 0 Å². The molecule has 0 unspecified atom stereocenters. The largest absolute Gasteiger partial charge is 0.288 e. The second-order valence-electron chi connectivity index (χ2n) is 4.86. The van der Waals surface area contributed by atoms with Gasteiger partial charge in [-0.25, -0.2) is 0 Å². The van der Waals surface area contributed by atoms with Crippen LogP contribution in [0.25, 0.3) is 10.9 Å². The van der Waals surface area contributed by atoms with Gasteiger partial charge in [-0.1, -0.05) is 29.3 Å². The first-order chi connectivity index (χ1) is 11.5. The Kier molecular flexibility index (Phi) is 4.59. The van der Waals surface area contributed by atoms with Crippen molar-refractivity contribution >= 4 is 51.7 Å². The number of pyridine rings is 1. The number of nitro groups is 1. The lowest BCUT2D eigenvalue weighted by atomic mass is 10.2. The van der Waals surface area contributed by atoms with Crippen LogP contribution in [0.1, 0.15) is 5.56 Å². The maximum absolute atomic E-state index is 10.9. The van der Waals surface area contributed by atoms with E-state index in [4.69, 9.17) is 23.2 Å². The molecule has 3 rings (SSSR count). The Balaban J connectivity index is 1.85. The van der Waals surface area contributed by atoms with Gasteiger partial charge in [-0.05, 0) is 30.3 Å². The topological polar surface area (TPSA) is 80.4 Å². The molecular weight excluding hydrogens is 351 g/mol. The number of halogens is 2. The molecule has 0 saturated heterocycles. The number of hydrazone groups is 1. The van der Waals surface area contributed by atoms with E-state index in [0.29, 0.717) is 10.6 Å². The monoisotopic (exact) mass is 360 g/mol. The van der Waals surface area contributed by atoms with Gasteiger partial charge in [0.25, 0.3) is 5.69 Å². The molecule has 1 N–H and O–H groups in total. The zero-order valence-corrected chi connectivity index (χ0v) is 13.6. The molecule has 6 nitrogen and oxygen atoms in total. The summed E-state index contributed by atoms with van der Waals surface area (Å²) >= 11 is 11.7. The molecule has 3 aromatic rings. The van der Waals surface area contributed by atoms with Crippen LogP contribution in [-0.2, 0) is 0 Å². The number of nitrogens with zero attached hydrogens (tertiary/aromatic N) is 3. The van der Waals surface area contributed by atoms with Crippen molar-refractivity contribution in [3.05, 3.63) is 74.4 Å². The zero-order valence-electron chi connectivity index (χ0n) is 12.1. The number of hydrogen-bond donors (Lipinski definition) is 1. The van der Waals surface area contributed by atoms with Gasteiger partial charge in [0.1, 0.15) is 5.02 Å². The van der Waals surface area contributed by atoms with Gasteiger partial charge >= 0.3 is 0 Å². The highest BCUT2D eigenvalue weighted by Gasteiger charge is 2.11. The van der Waals surface area contributed by atoms with E-state index in [1.54, 1.807) is 30.5 Å². The van der Waals surface area contributed by atoms with Gasteiger partial charge in [0.15, 0.2) is 0 Å². The molecule has 0 aliphatic carbocycles. The number of hydrogen-bond acceptors (Lipinski definition) is 5. The minimum Gasteiger partial charge on any atom is -0.278 e. The van der Waals surface area contributed by atoms with Crippen molar-refractivity contribution < 1.29 is 4.92 Å². The molecule has 1 aromatic heterocycles. The highest BCUT2D eigenvalue weighted by molar-refractivity contribution is 6.32. The fraction of sp³-hybridized carbons (Fsp3) is 0. The minimum atomic E-state index is -0.535. The fourth-order valence-electron chi connectivity index (χ4n) is 2.15. The van der Waals surface area contributed by atoms with Crippen LogP contribution in [0.15, 0.2) is 53.8 Å². The summed E-state index contributed by atoms with van der Waals surface area (Å²) in [4.78, 5) is 14.6. The van der Waals surface area contributed by atoms with Gasteiger partial charge in [0.05, 0.1) is 22.3 Å². The molecule has 120 valence electrons. The number of benzene rings is 2. The lowest BCUT2D eigenvalue weighted by Gasteiger charge is -2.05. The highest BCUT2D eigenvalue weighted by Crippen LogP contribution is 2.25. The van der Waals surface area contributed by atoms with E-state index in [1.807, 2.05) is 6.07 Å². The van der Waals surface area contributed by atoms with Gasteiger partial charge in [-0.3, -0.25) is 20.5 Å². The quantitative estimate of drug-likeness (QED) is 0.407. The Morgan fingerprint density at radius 3 is 2.79 bits per heavy atom. The third kappa shape index (κ3) is 3.45. The summed E-state index contributed by atoms with van der Waals surface area (Å²) in [5.74, 6) is 0. The molecule has 2 aromatic carbocycles. The van der Waals surface area contributed by atoms with E-state index in [9.17, 15) is 10.1 Å². The lowest BCUT2D eigenvalue weighted by Crippen LogP contribution is -1.94. The van der Waals surface area contributed by atoms with Crippen LogP contribution in [0.5, 0.6) is 0 Å². The Morgan fingerprint density at radius 2 is 2.00 bits per heavy atom. The van der Waals surface area contributed by atoms with E-state index in [2.05, 4.69) is 15.5 Å². The Labute approximate surface area is 146 Å². The van der Waals surface area contributed by atoms with Crippen LogP contribution >= 0.6 is 23.2 Å². The van der Waals surface area contributed by atoms with E-state index in [1.165, 1.54) is 18.3 Å². The number of nitro benzene ring substituents is 1. The van der Waals surface area contributed by atoms with Crippen LogP contribution in [0.2, 0.25) is 10.0 Å². The summed E-state index contributed by atoms with van der Waals surface area (Å²) in [5.41, 5.74) is 4.78. The first-order valence-corrected chi connectivity index (χ1v) is 7.57. The molecule has 0 atom stereocenters. The van der Waals surface area contributed by atoms with Crippen molar-refractivity contribution in [2.75, 3.05) is 5.43 Å². The molecule has 0 amide bonds. The standard InChI is InChI=1S/C16H10Cl2N4O2/c17-11-2-3-12-14(5-6-19-15(12)8-11)21-20-9-10-1-4-13(18)16(7-10)22(23)24/h1-9H,(H,19,21)/b20-9+. The maximum atomic E-state index is 10.9. The van der Waals surface area contributed by atoms with Gasteiger partial charge in [-0.2, -0.15) is 5.10 Å². The van der Waals surface area contributed by atoms with Crippen LogP contribution in [-0.4, -0.2) is 16.1 Å². The van der Waals surface area contributed by atoms with Gasteiger partial charge in [0, 0.05) is 28.2 Å². The zero-order chi connectivity index (χ0) is 17.1. The summed E-state index contributed by atoms with van der Waals surface area (Å²) in [6, 6.07) is 11.6. The normalized spacial score (nSPS) is 11.1. The second-order valence-corrected chi connectivity index (χ2v) is 5.70. The van der Waals surface area contributed by atoms with Crippen molar-refractivity contribution in [2.45, 2.75) is 0 Å². The third-order valence-corrected chi connectivity index (χ3v) is 3.82. The predicted octanol–water partition coefficient (Wildman–Crippen LogP) is 4.90. The summed E-state index contributed by atoms with van der Waals surface area (Å²) in [6.07, 6.45) is 3.12. The van der Waals surface area contributed by atoms with E-state index >= 15 is 0 Å². The average molecular weight is 361 g/mol. The second kappa shape index (κ2) is 6.82. The van der Waals surface area contributed by atoms with Crippen LogP contribution < -0.4 is 5.43 Å². The number of fused-ring (bicyclic) bond motifs is 1. The average Bonchev–Trinajstić information content (AvgIpc) is 2.56. The minimum absolute atomic E-state index is 0.0853. The molecule has 0 fully saturated rings. The molecule has 8 heteroatoms. The summed E-state index contributed by atoms with van der Waals surface area (Å²) in [7, 11) is 0. The van der Waals surface area contributed by atoms with Crippen molar-refractivity contribution in [1.82, 2.24) is 4.98 Å². The highest BCUT2D eigenvalue weighted by atomic mass is 35.5.